The first-order valence-electron chi connectivity index (χ1n) is 10.1. The zero-order valence-electron chi connectivity index (χ0n) is 16.9. The van der Waals surface area contributed by atoms with Crippen molar-refractivity contribution in [2.75, 3.05) is 26.2 Å². The molecule has 2 aromatic heterocycles. The zero-order valence-corrected chi connectivity index (χ0v) is 16.9. The molecule has 29 heavy (non-hydrogen) atoms. The summed E-state index contributed by atoms with van der Waals surface area (Å²) in [6.45, 7) is 6.01. The Hall–Kier alpha value is -3.15. The van der Waals surface area contributed by atoms with Gasteiger partial charge in [-0.05, 0) is 24.1 Å². The molecular weight excluding hydrogens is 364 g/mol. The van der Waals surface area contributed by atoms with Gasteiger partial charge in [0.15, 0.2) is 0 Å². The third kappa shape index (κ3) is 3.88. The van der Waals surface area contributed by atoms with Gasteiger partial charge in [-0.15, -0.1) is 0 Å². The molecule has 3 heterocycles. The van der Waals surface area contributed by atoms with E-state index in [4.69, 9.17) is 0 Å². The number of benzene rings is 1. The summed E-state index contributed by atoms with van der Waals surface area (Å²) in [4.78, 5) is 33.0. The van der Waals surface area contributed by atoms with E-state index in [9.17, 15) is 9.59 Å². The number of imidazole rings is 1. The average Bonchev–Trinajstić information content (AvgIpc) is 3.18. The SMILES string of the molecule is CC(=O)N1CCN(C(=O)CC(c2ccccc2)c2cnc3c(C)cccn23)CC1. The molecule has 1 unspecified atom stereocenters. The molecule has 0 N–H and O–H groups in total. The molecule has 1 atom stereocenters. The smallest absolute Gasteiger partial charge is 0.223 e. The van der Waals surface area contributed by atoms with Gasteiger partial charge in [-0.3, -0.25) is 9.59 Å². The summed E-state index contributed by atoms with van der Waals surface area (Å²) >= 11 is 0. The fourth-order valence-corrected chi connectivity index (χ4v) is 4.08. The van der Waals surface area contributed by atoms with Crippen LogP contribution >= 0.6 is 0 Å². The van der Waals surface area contributed by atoms with Crippen LogP contribution in [0.5, 0.6) is 0 Å². The lowest BCUT2D eigenvalue weighted by Gasteiger charge is -2.35. The Labute approximate surface area is 170 Å². The van der Waals surface area contributed by atoms with Gasteiger partial charge in [-0.2, -0.15) is 0 Å². The van der Waals surface area contributed by atoms with E-state index < -0.39 is 0 Å². The lowest BCUT2D eigenvalue weighted by Crippen LogP contribution is -2.50. The minimum atomic E-state index is -0.0775. The number of aromatic nitrogens is 2. The van der Waals surface area contributed by atoms with Gasteiger partial charge < -0.3 is 14.2 Å². The monoisotopic (exact) mass is 390 g/mol. The first-order valence-corrected chi connectivity index (χ1v) is 10.1. The average molecular weight is 390 g/mol. The standard InChI is InChI=1S/C23H26N4O2/c1-17-7-6-10-27-21(16-24-23(17)27)20(19-8-4-3-5-9-19)15-22(29)26-13-11-25(12-14-26)18(2)28/h3-10,16,20H,11-15H2,1-2H3. The van der Waals surface area contributed by atoms with Gasteiger partial charge in [0.05, 0.1) is 5.69 Å². The predicted octanol–water partition coefficient (Wildman–Crippen LogP) is 2.86. The largest absolute Gasteiger partial charge is 0.339 e. The molecule has 0 radical (unpaired) electrons. The van der Waals surface area contributed by atoms with E-state index in [-0.39, 0.29) is 17.7 Å². The van der Waals surface area contributed by atoms with E-state index in [1.807, 2.05) is 54.5 Å². The van der Waals surface area contributed by atoms with Crippen LogP contribution in [0.1, 0.15) is 36.1 Å². The first-order chi connectivity index (χ1) is 14.0. The number of rotatable bonds is 4. The fraction of sp³-hybridized carbons (Fsp3) is 0.348. The summed E-state index contributed by atoms with van der Waals surface area (Å²) in [5.41, 5.74) is 4.15. The number of carbonyl (C=O) groups excluding carboxylic acids is 2. The molecule has 1 aliphatic rings. The van der Waals surface area contributed by atoms with Gasteiger partial charge in [0.25, 0.3) is 0 Å². The van der Waals surface area contributed by atoms with E-state index in [1.165, 1.54) is 0 Å². The van der Waals surface area contributed by atoms with Crippen LogP contribution in [0.25, 0.3) is 5.65 Å². The molecule has 0 saturated carbocycles. The Morgan fingerprint density at radius 3 is 2.38 bits per heavy atom. The van der Waals surface area contributed by atoms with Crippen molar-refractivity contribution in [1.82, 2.24) is 19.2 Å². The summed E-state index contributed by atoms with van der Waals surface area (Å²) in [6, 6.07) is 14.2. The summed E-state index contributed by atoms with van der Waals surface area (Å²) in [6.07, 6.45) is 4.28. The summed E-state index contributed by atoms with van der Waals surface area (Å²) < 4.78 is 2.09. The van der Waals surface area contributed by atoms with Gasteiger partial charge in [0, 0.05) is 57.8 Å². The molecule has 0 aliphatic carbocycles. The van der Waals surface area contributed by atoms with Crippen LogP contribution in [0.3, 0.4) is 0 Å². The molecule has 6 nitrogen and oxygen atoms in total. The van der Waals surface area contributed by atoms with Crippen LogP contribution in [0.4, 0.5) is 0 Å². The molecule has 1 aromatic carbocycles. The van der Waals surface area contributed by atoms with Gasteiger partial charge in [-0.1, -0.05) is 36.4 Å². The molecule has 150 valence electrons. The van der Waals surface area contributed by atoms with Crippen molar-refractivity contribution >= 4 is 17.5 Å². The fourth-order valence-electron chi connectivity index (χ4n) is 4.08. The van der Waals surface area contributed by atoms with Gasteiger partial charge in [-0.25, -0.2) is 4.98 Å². The molecule has 4 rings (SSSR count). The second-order valence-electron chi connectivity index (χ2n) is 7.62. The number of hydrogen-bond donors (Lipinski definition) is 0. The van der Waals surface area contributed by atoms with Crippen molar-refractivity contribution in [3.8, 4) is 0 Å². The molecule has 1 aliphatic heterocycles. The highest BCUT2D eigenvalue weighted by Crippen LogP contribution is 2.30. The van der Waals surface area contributed by atoms with Crippen LogP contribution in [0.2, 0.25) is 0 Å². The Balaban J connectivity index is 1.61. The van der Waals surface area contributed by atoms with Crippen LogP contribution < -0.4 is 0 Å². The van der Waals surface area contributed by atoms with Crippen LogP contribution in [0.15, 0.2) is 54.9 Å². The quantitative estimate of drug-likeness (QED) is 0.688. The highest BCUT2D eigenvalue weighted by molar-refractivity contribution is 5.79. The van der Waals surface area contributed by atoms with Crippen molar-refractivity contribution in [3.05, 3.63) is 71.7 Å². The Morgan fingerprint density at radius 2 is 1.69 bits per heavy atom. The maximum absolute atomic E-state index is 13.1. The second kappa shape index (κ2) is 8.07. The number of fused-ring (bicyclic) bond motifs is 1. The Kier molecular flexibility index (Phi) is 5.34. The number of hydrogen-bond acceptors (Lipinski definition) is 3. The number of pyridine rings is 1. The second-order valence-corrected chi connectivity index (χ2v) is 7.62. The maximum Gasteiger partial charge on any atom is 0.223 e. The predicted molar refractivity (Wildman–Crippen MR) is 112 cm³/mol. The first kappa shape index (κ1) is 19.2. The van der Waals surface area contributed by atoms with E-state index in [0.717, 1.165) is 22.5 Å². The van der Waals surface area contributed by atoms with Gasteiger partial charge in [0.1, 0.15) is 5.65 Å². The van der Waals surface area contributed by atoms with Crippen molar-refractivity contribution in [1.29, 1.82) is 0 Å². The van der Waals surface area contributed by atoms with Crippen molar-refractivity contribution in [2.24, 2.45) is 0 Å². The van der Waals surface area contributed by atoms with Crippen LogP contribution in [0, 0.1) is 6.92 Å². The minimum absolute atomic E-state index is 0.0698. The molecule has 0 spiro atoms. The third-order valence-electron chi connectivity index (χ3n) is 5.77. The lowest BCUT2D eigenvalue weighted by molar-refractivity contribution is -0.138. The summed E-state index contributed by atoms with van der Waals surface area (Å²) in [5, 5.41) is 0. The van der Waals surface area contributed by atoms with Gasteiger partial charge in [0.2, 0.25) is 11.8 Å². The highest BCUT2D eigenvalue weighted by atomic mass is 16.2. The molecule has 3 aromatic rings. The molecular formula is C23H26N4O2. The van der Waals surface area contributed by atoms with E-state index in [2.05, 4.69) is 21.5 Å². The molecule has 6 heteroatoms. The molecule has 1 fully saturated rings. The Morgan fingerprint density at radius 1 is 1.00 bits per heavy atom. The van der Waals surface area contributed by atoms with Gasteiger partial charge >= 0.3 is 0 Å². The van der Waals surface area contributed by atoms with E-state index >= 15 is 0 Å². The van der Waals surface area contributed by atoms with E-state index in [0.29, 0.717) is 32.6 Å². The van der Waals surface area contributed by atoms with Crippen LogP contribution in [-0.4, -0.2) is 57.2 Å². The topological polar surface area (TPSA) is 57.9 Å². The molecule has 2 amide bonds. The van der Waals surface area contributed by atoms with Crippen molar-refractivity contribution in [2.45, 2.75) is 26.2 Å². The summed E-state index contributed by atoms with van der Waals surface area (Å²) in [5.74, 6) is 0.108. The molecule has 0 bridgehead atoms. The number of carbonyl (C=O) groups is 2. The lowest BCUT2D eigenvalue weighted by atomic mass is 9.92. The number of nitrogens with zero attached hydrogens (tertiary/aromatic N) is 4. The minimum Gasteiger partial charge on any atom is -0.339 e. The normalized spacial score (nSPS) is 15.5. The number of piperazine rings is 1. The van der Waals surface area contributed by atoms with E-state index in [1.54, 1.807) is 11.8 Å². The number of amides is 2. The van der Waals surface area contributed by atoms with Crippen molar-refractivity contribution < 1.29 is 9.59 Å². The van der Waals surface area contributed by atoms with Crippen molar-refractivity contribution in [3.63, 3.8) is 0 Å². The zero-order chi connectivity index (χ0) is 20.4. The summed E-state index contributed by atoms with van der Waals surface area (Å²) in [7, 11) is 0. The Bertz CT molecular complexity index is 1020. The number of aryl methyl sites for hydroxylation is 1. The molecule has 1 saturated heterocycles. The van der Waals surface area contributed by atoms with Crippen LogP contribution in [-0.2, 0) is 9.59 Å². The third-order valence-corrected chi connectivity index (χ3v) is 5.77. The highest BCUT2D eigenvalue weighted by Gasteiger charge is 2.27. The maximum atomic E-state index is 13.1.